The summed E-state index contributed by atoms with van der Waals surface area (Å²) >= 11 is 0. The van der Waals surface area contributed by atoms with E-state index in [1.165, 1.54) is 5.56 Å². The van der Waals surface area contributed by atoms with Gasteiger partial charge in [-0.25, -0.2) is 0 Å². The van der Waals surface area contributed by atoms with E-state index >= 15 is 0 Å². The van der Waals surface area contributed by atoms with Crippen LogP contribution < -0.4 is 10.2 Å². The van der Waals surface area contributed by atoms with E-state index in [0.29, 0.717) is 30.0 Å². The zero-order chi connectivity index (χ0) is 22.2. The molecule has 3 heterocycles. The number of nitrogens with one attached hydrogen (secondary N) is 1. The molecule has 3 aliphatic rings. The number of hydrogen-bond donors (Lipinski definition) is 1. The largest absolute Gasteiger partial charge is 0.376 e. The number of anilines is 1. The minimum atomic E-state index is -0.588. The van der Waals surface area contributed by atoms with Crippen molar-refractivity contribution in [1.29, 1.82) is 0 Å². The molecular formula is C25H24MoN3O4-. The van der Waals surface area contributed by atoms with Gasteiger partial charge in [-0.2, -0.15) is 17.7 Å². The first-order chi connectivity index (χ1) is 15.5. The molecule has 170 valence electrons. The molecule has 7 nitrogen and oxygen atoms in total. The first-order valence-electron chi connectivity index (χ1n) is 11.0. The van der Waals surface area contributed by atoms with E-state index in [-0.39, 0.29) is 45.2 Å². The zero-order valence-electron chi connectivity index (χ0n) is 18.1. The molecule has 0 bridgehead atoms. The van der Waals surface area contributed by atoms with Crippen LogP contribution in [-0.2, 0) is 42.0 Å². The van der Waals surface area contributed by atoms with E-state index in [9.17, 15) is 19.2 Å². The summed E-state index contributed by atoms with van der Waals surface area (Å²) < 4.78 is 0. The van der Waals surface area contributed by atoms with Crippen molar-refractivity contribution in [2.45, 2.75) is 44.2 Å². The number of carbonyl (C=O) groups excluding carboxylic acids is 4. The second-order valence-electron chi connectivity index (χ2n) is 8.73. The van der Waals surface area contributed by atoms with Crippen LogP contribution in [0.2, 0.25) is 0 Å². The van der Waals surface area contributed by atoms with Crippen LogP contribution in [0, 0.1) is 0 Å². The quantitative estimate of drug-likeness (QED) is 0.376. The third-order valence-electron chi connectivity index (χ3n) is 6.87. The van der Waals surface area contributed by atoms with Crippen LogP contribution in [0.3, 0.4) is 0 Å². The summed E-state index contributed by atoms with van der Waals surface area (Å²) in [6.45, 7) is 2.22. The number of piperidine rings is 2. The van der Waals surface area contributed by atoms with Gasteiger partial charge < -0.3 is 14.6 Å². The summed E-state index contributed by atoms with van der Waals surface area (Å²) in [6.07, 6.45) is 4.58. The molecule has 3 aliphatic heterocycles. The molecular weight excluding hydrogens is 502 g/mol. The van der Waals surface area contributed by atoms with Gasteiger partial charge in [0.05, 0.1) is 6.29 Å². The fraction of sp³-hybridized carbons (Fsp3) is 0.360. The molecule has 0 aromatic heterocycles. The Hall–Kier alpha value is -2.79. The molecule has 2 fully saturated rings. The topological polar surface area (TPSA) is 86.8 Å². The molecule has 0 saturated carbocycles. The van der Waals surface area contributed by atoms with Gasteiger partial charge in [0, 0.05) is 58.4 Å². The molecule has 2 saturated heterocycles. The molecule has 0 aliphatic carbocycles. The number of imide groups is 1. The molecule has 2 aromatic carbocycles. The predicted molar refractivity (Wildman–Crippen MR) is 118 cm³/mol. The molecule has 1 N–H and O–H groups in total. The van der Waals surface area contributed by atoms with Crippen molar-refractivity contribution in [3.8, 4) is 0 Å². The van der Waals surface area contributed by atoms with Gasteiger partial charge in [-0.3, -0.25) is 19.7 Å². The van der Waals surface area contributed by atoms with Crippen molar-refractivity contribution in [2.75, 3.05) is 18.0 Å². The van der Waals surface area contributed by atoms with Crippen LogP contribution in [-0.4, -0.2) is 48.0 Å². The number of rotatable bonds is 4. The van der Waals surface area contributed by atoms with E-state index in [4.69, 9.17) is 0 Å². The average Bonchev–Trinajstić information content (AvgIpc) is 3.15. The van der Waals surface area contributed by atoms with Crippen molar-refractivity contribution in [1.82, 2.24) is 10.2 Å². The molecule has 8 heteroatoms. The van der Waals surface area contributed by atoms with Crippen LogP contribution in [0.15, 0.2) is 42.5 Å². The first-order valence-corrected chi connectivity index (χ1v) is 11.0. The van der Waals surface area contributed by atoms with Crippen LogP contribution in [0.25, 0.3) is 0 Å². The van der Waals surface area contributed by atoms with Crippen LogP contribution in [0.1, 0.15) is 58.6 Å². The Kier molecular flexibility index (Phi) is 6.80. The molecule has 3 amide bonds. The van der Waals surface area contributed by atoms with Gasteiger partial charge in [-0.05, 0) is 48.9 Å². The number of carbonyl (C=O) groups is 3. The molecule has 2 aromatic rings. The van der Waals surface area contributed by atoms with Gasteiger partial charge in [0.2, 0.25) is 11.8 Å². The van der Waals surface area contributed by atoms with Gasteiger partial charge in [0.15, 0.2) is 0 Å². The van der Waals surface area contributed by atoms with Gasteiger partial charge in [0.1, 0.15) is 6.04 Å². The number of fused-ring (bicyclic) bond motifs is 1. The summed E-state index contributed by atoms with van der Waals surface area (Å²) in [5.74, 6) is -0.343. The molecule has 33 heavy (non-hydrogen) atoms. The first kappa shape index (κ1) is 23.4. The van der Waals surface area contributed by atoms with Crippen molar-refractivity contribution >= 4 is 29.7 Å². The maximum atomic E-state index is 12.9. The van der Waals surface area contributed by atoms with Crippen molar-refractivity contribution in [3.05, 3.63) is 64.7 Å². The Balaban J connectivity index is 0.00000259. The Morgan fingerprint density at radius 3 is 2.33 bits per heavy atom. The average molecular weight is 526 g/mol. The summed E-state index contributed by atoms with van der Waals surface area (Å²) in [5.41, 5.74) is 4.49. The molecule has 1 atom stereocenters. The second-order valence-corrected chi connectivity index (χ2v) is 8.73. The Morgan fingerprint density at radius 2 is 1.67 bits per heavy atom. The SMILES string of the molecule is O=[C-]c1ccc(C2CCN(c3ccc4c(c3)CN(C3CCC(=O)NC3=O)C4=O)CC2)cc1.[Mo]. The standard InChI is InChI=1S/C25H24N3O4.Mo/c29-15-16-1-3-17(4-2-16)18-9-11-27(12-10-18)20-5-6-21-19(13-20)14-28(25(21)32)22-7-8-23(30)26-24(22)31;/h1-6,13,18,22H,7-12,14H2,(H,26,30,31);/q-1;. The minimum Gasteiger partial charge on any atom is -0.376 e. The second kappa shape index (κ2) is 9.60. The van der Waals surface area contributed by atoms with E-state index in [1.807, 2.05) is 42.7 Å². The minimum absolute atomic E-state index is 0. The summed E-state index contributed by atoms with van der Waals surface area (Å²) in [5, 5.41) is 2.34. The van der Waals surface area contributed by atoms with E-state index in [2.05, 4.69) is 16.3 Å². The third kappa shape index (κ3) is 4.51. The van der Waals surface area contributed by atoms with Crippen molar-refractivity contribution in [3.63, 3.8) is 0 Å². The Morgan fingerprint density at radius 1 is 0.939 bits per heavy atom. The fourth-order valence-corrected chi connectivity index (χ4v) is 5.05. The number of nitrogens with zero attached hydrogens (tertiary/aromatic N) is 2. The van der Waals surface area contributed by atoms with Crippen molar-refractivity contribution in [2.24, 2.45) is 0 Å². The van der Waals surface area contributed by atoms with Crippen LogP contribution in [0.4, 0.5) is 5.69 Å². The van der Waals surface area contributed by atoms with Crippen molar-refractivity contribution < 1.29 is 40.2 Å². The molecule has 0 radical (unpaired) electrons. The van der Waals surface area contributed by atoms with E-state index in [1.54, 1.807) is 4.90 Å². The smallest absolute Gasteiger partial charge is 0.255 e. The Labute approximate surface area is 206 Å². The summed E-state index contributed by atoms with van der Waals surface area (Å²) in [4.78, 5) is 51.2. The van der Waals surface area contributed by atoms with Gasteiger partial charge in [-0.1, -0.05) is 5.56 Å². The fourth-order valence-electron chi connectivity index (χ4n) is 5.05. The van der Waals surface area contributed by atoms with Gasteiger partial charge in [-0.15, -0.1) is 12.1 Å². The molecule has 0 spiro atoms. The van der Waals surface area contributed by atoms with Gasteiger partial charge >= 0.3 is 0 Å². The molecule has 5 rings (SSSR count). The Bertz CT molecular complexity index is 1090. The normalized spacial score (nSPS) is 20.8. The number of hydrogen-bond acceptors (Lipinski definition) is 5. The predicted octanol–water partition coefficient (Wildman–Crippen LogP) is 2.29. The maximum absolute atomic E-state index is 12.9. The summed E-state index contributed by atoms with van der Waals surface area (Å²) in [7, 11) is 0. The van der Waals surface area contributed by atoms with Crippen LogP contribution >= 0.6 is 0 Å². The van der Waals surface area contributed by atoms with E-state index < -0.39 is 6.04 Å². The number of benzene rings is 2. The number of amides is 3. The third-order valence-corrected chi connectivity index (χ3v) is 6.87. The molecule has 1 unspecified atom stereocenters. The monoisotopic (exact) mass is 528 g/mol. The van der Waals surface area contributed by atoms with Crippen LogP contribution in [0.5, 0.6) is 0 Å². The van der Waals surface area contributed by atoms with E-state index in [0.717, 1.165) is 37.2 Å². The maximum Gasteiger partial charge on any atom is 0.255 e. The summed E-state index contributed by atoms with van der Waals surface area (Å²) in [6, 6.07) is 13.0. The zero-order valence-corrected chi connectivity index (χ0v) is 20.1. The van der Waals surface area contributed by atoms with Gasteiger partial charge in [0.25, 0.3) is 5.91 Å².